The van der Waals surface area contributed by atoms with Crippen molar-refractivity contribution in [2.75, 3.05) is 13.1 Å². The molecule has 1 fully saturated rings. The van der Waals surface area contributed by atoms with Crippen LogP contribution in [0, 0.1) is 34.4 Å². The maximum Gasteiger partial charge on any atom is 0.214 e. The third-order valence-corrected chi connectivity index (χ3v) is 7.10. The van der Waals surface area contributed by atoms with E-state index in [9.17, 15) is 14.9 Å². The van der Waals surface area contributed by atoms with Crippen molar-refractivity contribution < 1.29 is 13.3 Å². The quantitative estimate of drug-likeness (QED) is 0.296. The highest BCUT2D eigenvalue weighted by Crippen LogP contribution is 2.45. The van der Waals surface area contributed by atoms with E-state index in [2.05, 4.69) is 21.1 Å². The Morgan fingerprint density at radius 2 is 1.68 bits per heavy atom. The molecular weight excluding hydrogens is 484 g/mol. The van der Waals surface area contributed by atoms with E-state index in [-0.39, 0.29) is 17.5 Å². The van der Waals surface area contributed by atoms with Crippen LogP contribution in [0.5, 0.6) is 0 Å². The summed E-state index contributed by atoms with van der Waals surface area (Å²) in [6.45, 7) is 4.13. The fraction of sp³-hybridized carbons (Fsp3) is 0.267. The Labute approximate surface area is 219 Å². The Kier molecular flexibility index (Phi) is 6.75. The van der Waals surface area contributed by atoms with Crippen molar-refractivity contribution in [1.29, 1.82) is 10.5 Å². The van der Waals surface area contributed by atoms with Gasteiger partial charge in [-0.25, -0.2) is 8.78 Å². The maximum absolute atomic E-state index is 15.6. The number of alkyl halides is 1. The molecule has 0 saturated carbocycles. The molecule has 3 aromatic carbocycles. The predicted molar refractivity (Wildman–Crippen MR) is 137 cm³/mol. The summed E-state index contributed by atoms with van der Waals surface area (Å²) in [6.07, 6.45) is 1.28. The van der Waals surface area contributed by atoms with Crippen LogP contribution in [0.25, 0.3) is 11.4 Å². The average molecular weight is 510 g/mol. The topological polar surface area (TPSA) is 89.7 Å². The van der Waals surface area contributed by atoms with E-state index in [4.69, 9.17) is 4.52 Å². The number of halogens is 2. The van der Waals surface area contributed by atoms with E-state index in [1.165, 1.54) is 26.3 Å². The van der Waals surface area contributed by atoms with Crippen molar-refractivity contribution in [3.8, 4) is 23.5 Å². The van der Waals surface area contributed by atoms with Crippen molar-refractivity contribution in [3.05, 3.63) is 107 Å². The summed E-state index contributed by atoms with van der Waals surface area (Å²) in [6, 6.07) is 23.3. The molecule has 0 radical (unpaired) electrons. The second kappa shape index (κ2) is 10.2. The number of nitriles is 2. The molecule has 2 atom stereocenters. The highest BCUT2D eigenvalue weighted by molar-refractivity contribution is 5.56. The van der Waals surface area contributed by atoms with E-state index >= 15 is 4.39 Å². The molecule has 6 nitrogen and oxygen atoms in total. The smallest absolute Gasteiger partial charge is 0.214 e. The summed E-state index contributed by atoms with van der Waals surface area (Å²) < 4.78 is 34.8. The molecule has 1 aliphatic heterocycles. The fourth-order valence-electron chi connectivity index (χ4n) is 5.56. The first kappa shape index (κ1) is 25.3. The van der Waals surface area contributed by atoms with E-state index in [0.717, 1.165) is 22.8 Å². The van der Waals surface area contributed by atoms with Crippen LogP contribution in [-0.4, -0.2) is 33.8 Å². The number of benzene rings is 3. The Bertz CT molecular complexity index is 1510. The third-order valence-electron chi connectivity index (χ3n) is 7.10. The Hall–Kier alpha value is -4.40. The molecule has 2 heterocycles. The molecule has 5 rings (SSSR count). The first-order chi connectivity index (χ1) is 18.3. The lowest BCUT2D eigenvalue weighted by molar-refractivity contribution is 0.00813. The van der Waals surface area contributed by atoms with Gasteiger partial charge in [0.15, 0.2) is 0 Å². The SMILES string of the molecule is CC(C)(F)[C@H](c1cc(F)cc(C#N)c1)C1CN(C(c2ccc(C#N)cc2)c2cccc(-c3ncon3)c2)C1. The number of rotatable bonds is 7. The zero-order valence-electron chi connectivity index (χ0n) is 21.0. The standard InChI is InChI=1S/C30H25F2N5O/c1-30(2,32)27(24-10-20(15-34)11-26(31)13-24)25-16-37(17-25)28(21-8-6-19(14-33)7-9-21)22-4-3-5-23(12-22)29-35-18-38-36-29/h3-13,18,25,27-28H,16-17H2,1-2H3/t27-,28?/m1/s1. The predicted octanol–water partition coefficient (Wildman–Crippen LogP) is 6.17. The monoisotopic (exact) mass is 509 g/mol. The highest BCUT2D eigenvalue weighted by atomic mass is 19.1. The van der Waals surface area contributed by atoms with Gasteiger partial charge in [-0.2, -0.15) is 15.5 Å². The van der Waals surface area contributed by atoms with Gasteiger partial charge in [-0.1, -0.05) is 35.5 Å². The lowest BCUT2D eigenvalue weighted by atomic mass is 9.72. The van der Waals surface area contributed by atoms with Crippen LogP contribution in [-0.2, 0) is 0 Å². The van der Waals surface area contributed by atoms with Crippen LogP contribution in [0.4, 0.5) is 8.78 Å². The molecule has 0 bridgehead atoms. The van der Waals surface area contributed by atoms with E-state index in [0.29, 0.717) is 30.0 Å². The van der Waals surface area contributed by atoms with Crippen LogP contribution in [0.15, 0.2) is 77.6 Å². The van der Waals surface area contributed by atoms with Crippen molar-refractivity contribution in [1.82, 2.24) is 15.0 Å². The third kappa shape index (κ3) is 5.04. The minimum absolute atomic E-state index is 0.0929. The van der Waals surface area contributed by atoms with Crippen molar-refractivity contribution in [3.63, 3.8) is 0 Å². The second-order valence-electron chi connectivity index (χ2n) is 10.2. The minimum atomic E-state index is -1.63. The average Bonchev–Trinajstić information content (AvgIpc) is 3.42. The van der Waals surface area contributed by atoms with Crippen LogP contribution in [0.2, 0.25) is 0 Å². The van der Waals surface area contributed by atoms with Gasteiger partial charge in [-0.3, -0.25) is 4.90 Å². The first-order valence-electron chi connectivity index (χ1n) is 12.3. The molecule has 4 aromatic rings. The summed E-state index contributed by atoms with van der Waals surface area (Å²) >= 11 is 0. The largest absolute Gasteiger partial charge is 0.342 e. The maximum atomic E-state index is 15.6. The van der Waals surface area contributed by atoms with Gasteiger partial charge in [0.1, 0.15) is 11.5 Å². The molecule has 190 valence electrons. The molecule has 0 amide bonds. The van der Waals surface area contributed by atoms with Crippen LogP contribution in [0.3, 0.4) is 0 Å². The molecule has 1 unspecified atom stereocenters. The summed E-state index contributed by atoms with van der Waals surface area (Å²) in [5.41, 5.74) is 2.39. The number of hydrogen-bond donors (Lipinski definition) is 0. The van der Waals surface area contributed by atoms with E-state index < -0.39 is 17.4 Å². The Balaban J connectivity index is 1.49. The Morgan fingerprint density at radius 3 is 2.32 bits per heavy atom. The van der Waals surface area contributed by atoms with Crippen molar-refractivity contribution >= 4 is 0 Å². The zero-order valence-corrected chi connectivity index (χ0v) is 21.0. The first-order valence-corrected chi connectivity index (χ1v) is 12.3. The Morgan fingerprint density at radius 1 is 0.947 bits per heavy atom. The van der Waals surface area contributed by atoms with Gasteiger partial charge in [-0.05, 0) is 72.9 Å². The van der Waals surface area contributed by atoms with Crippen LogP contribution >= 0.6 is 0 Å². The van der Waals surface area contributed by atoms with Gasteiger partial charge >= 0.3 is 0 Å². The summed E-state index contributed by atoms with van der Waals surface area (Å²) in [5, 5.41) is 22.5. The van der Waals surface area contributed by atoms with Gasteiger partial charge in [0.2, 0.25) is 12.2 Å². The molecule has 1 saturated heterocycles. The normalized spacial score (nSPS) is 15.7. The molecule has 0 N–H and O–H groups in total. The molecule has 0 aliphatic carbocycles. The lowest BCUT2D eigenvalue weighted by Crippen LogP contribution is -2.53. The van der Waals surface area contributed by atoms with Crippen LogP contribution < -0.4 is 0 Å². The fourth-order valence-corrected chi connectivity index (χ4v) is 5.56. The summed E-state index contributed by atoms with van der Waals surface area (Å²) in [4.78, 5) is 6.40. The van der Waals surface area contributed by atoms with Gasteiger partial charge < -0.3 is 4.52 Å². The molecule has 1 aromatic heterocycles. The number of nitrogens with zero attached hydrogens (tertiary/aromatic N) is 5. The molecule has 38 heavy (non-hydrogen) atoms. The van der Waals surface area contributed by atoms with Crippen LogP contribution in [0.1, 0.15) is 53.6 Å². The van der Waals surface area contributed by atoms with Crippen molar-refractivity contribution in [2.24, 2.45) is 5.92 Å². The summed E-state index contributed by atoms with van der Waals surface area (Å²) in [7, 11) is 0. The van der Waals surface area contributed by atoms with E-state index in [1.54, 1.807) is 18.2 Å². The molecule has 0 spiro atoms. The number of aromatic nitrogens is 2. The molecular formula is C30H25F2N5O. The summed E-state index contributed by atoms with van der Waals surface area (Å²) in [5.74, 6) is -0.748. The van der Waals surface area contributed by atoms with Crippen molar-refractivity contribution in [2.45, 2.75) is 31.5 Å². The van der Waals surface area contributed by atoms with Gasteiger partial charge in [-0.15, -0.1) is 0 Å². The molecule has 8 heteroatoms. The van der Waals surface area contributed by atoms with Gasteiger partial charge in [0.25, 0.3) is 0 Å². The number of hydrogen-bond acceptors (Lipinski definition) is 6. The van der Waals surface area contributed by atoms with E-state index in [1.807, 2.05) is 42.5 Å². The lowest BCUT2D eigenvalue weighted by Gasteiger charge is -2.50. The van der Waals surface area contributed by atoms with Gasteiger partial charge in [0, 0.05) is 24.6 Å². The van der Waals surface area contributed by atoms with Gasteiger partial charge in [0.05, 0.1) is 29.3 Å². The minimum Gasteiger partial charge on any atom is -0.342 e. The second-order valence-corrected chi connectivity index (χ2v) is 10.2. The highest BCUT2D eigenvalue weighted by Gasteiger charge is 2.45. The molecule has 1 aliphatic rings. The zero-order chi connectivity index (χ0) is 26.9. The number of likely N-dealkylation sites (tertiary alicyclic amines) is 1.